The Bertz CT molecular complexity index is 594. The number of anilines is 1. The number of aromatic nitrogens is 3. The van der Waals surface area contributed by atoms with E-state index in [0.717, 1.165) is 37.6 Å². The Kier molecular flexibility index (Phi) is 4.31. The molecule has 112 valence electrons. The second kappa shape index (κ2) is 6.36. The van der Waals surface area contributed by atoms with Gasteiger partial charge < -0.3 is 10.3 Å². The lowest BCUT2D eigenvalue weighted by atomic mass is 9.95. The first kappa shape index (κ1) is 14.2. The highest BCUT2D eigenvalue weighted by Crippen LogP contribution is 2.29. The van der Waals surface area contributed by atoms with E-state index in [1.807, 2.05) is 6.20 Å². The molecule has 3 rings (SSSR count). The summed E-state index contributed by atoms with van der Waals surface area (Å²) in [5, 5.41) is 5.51. The van der Waals surface area contributed by atoms with Crippen LogP contribution in [-0.4, -0.2) is 38.8 Å². The molecule has 3 heterocycles. The number of H-pyrrole nitrogens is 1. The van der Waals surface area contributed by atoms with Crippen molar-refractivity contribution in [2.75, 3.05) is 18.4 Å². The van der Waals surface area contributed by atoms with E-state index in [0.29, 0.717) is 11.0 Å². The number of likely N-dealkylation sites (tertiary alicyclic amines) is 1. The Morgan fingerprint density at radius 1 is 1.62 bits per heavy atom. The van der Waals surface area contributed by atoms with Crippen molar-refractivity contribution in [3.63, 3.8) is 0 Å². The largest absolute Gasteiger partial charge is 0.348 e. The normalized spacial score (nSPS) is 19.6. The average molecular weight is 305 g/mol. The Morgan fingerprint density at radius 2 is 2.52 bits per heavy atom. The molecule has 1 saturated heterocycles. The second-order valence-electron chi connectivity index (χ2n) is 5.37. The van der Waals surface area contributed by atoms with Crippen molar-refractivity contribution in [2.24, 2.45) is 0 Å². The van der Waals surface area contributed by atoms with E-state index in [9.17, 15) is 4.79 Å². The van der Waals surface area contributed by atoms with Gasteiger partial charge in [0.05, 0.1) is 12.2 Å². The van der Waals surface area contributed by atoms with E-state index in [-0.39, 0.29) is 5.91 Å². The van der Waals surface area contributed by atoms with E-state index in [1.165, 1.54) is 24.7 Å². The van der Waals surface area contributed by atoms with E-state index in [4.69, 9.17) is 0 Å². The number of hydrogen-bond donors (Lipinski definition) is 2. The zero-order valence-corrected chi connectivity index (χ0v) is 12.8. The van der Waals surface area contributed by atoms with Gasteiger partial charge in [0.15, 0.2) is 5.13 Å². The molecule has 1 aliphatic heterocycles. The molecule has 0 spiro atoms. The Labute approximate surface area is 127 Å². The predicted molar refractivity (Wildman–Crippen MR) is 82.3 cm³/mol. The molecule has 7 heteroatoms. The number of aromatic amines is 1. The molecule has 1 fully saturated rings. The van der Waals surface area contributed by atoms with Crippen LogP contribution in [0.3, 0.4) is 0 Å². The maximum Gasteiger partial charge on any atom is 0.223 e. The number of rotatable bonds is 4. The first-order chi connectivity index (χ1) is 10.2. The maximum atomic E-state index is 11.1. The van der Waals surface area contributed by atoms with Gasteiger partial charge in [0, 0.05) is 37.2 Å². The zero-order valence-electron chi connectivity index (χ0n) is 12.0. The average Bonchev–Trinajstić information content (AvgIpc) is 3.10. The highest BCUT2D eigenvalue weighted by Gasteiger charge is 2.24. The molecule has 21 heavy (non-hydrogen) atoms. The summed E-state index contributed by atoms with van der Waals surface area (Å²) in [6.45, 7) is 4.45. The predicted octanol–water partition coefficient (Wildman–Crippen LogP) is 2.20. The molecule has 1 amide bonds. The van der Waals surface area contributed by atoms with Crippen LogP contribution in [0, 0.1) is 0 Å². The molecule has 0 bridgehead atoms. The summed E-state index contributed by atoms with van der Waals surface area (Å²) in [7, 11) is 0. The molecule has 2 aromatic heterocycles. The van der Waals surface area contributed by atoms with Gasteiger partial charge in [-0.3, -0.25) is 9.69 Å². The van der Waals surface area contributed by atoms with Crippen LogP contribution in [0.15, 0.2) is 17.8 Å². The molecule has 1 aliphatic rings. The van der Waals surface area contributed by atoms with Gasteiger partial charge in [-0.1, -0.05) is 0 Å². The zero-order chi connectivity index (χ0) is 14.7. The summed E-state index contributed by atoms with van der Waals surface area (Å²) < 4.78 is 0. The lowest BCUT2D eigenvalue weighted by Gasteiger charge is -2.31. The van der Waals surface area contributed by atoms with Gasteiger partial charge in [-0.25, -0.2) is 9.97 Å². The highest BCUT2D eigenvalue weighted by molar-refractivity contribution is 7.13. The minimum absolute atomic E-state index is 0.0704. The first-order valence-corrected chi connectivity index (χ1v) is 8.02. The molecule has 2 aromatic rings. The lowest BCUT2D eigenvalue weighted by molar-refractivity contribution is -0.114. The number of hydrogen-bond acceptors (Lipinski definition) is 5. The van der Waals surface area contributed by atoms with Gasteiger partial charge in [0.2, 0.25) is 5.91 Å². The summed E-state index contributed by atoms with van der Waals surface area (Å²) in [5.41, 5.74) is 1.09. The number of imidazole rings is 1. The Hall–Kier alpha value is -1.73. The van der Waals surface area contributed by atoms with Crippen molar-refractivity contribution >= 4 is 22.4 Å². The van der Waals surface area contributed by atoms with Crippen LogP contribution >= 0.6 is 11.3 Å². The molecule has 1 unspecified atom stereocenters. The number of carbonyl (C=O) groups excluding carboxylic acids is 1. The van der Waals surface area contributed by atoms with E-state index >= 15 is 0 Å². The smallest absolute Gasteiger partial charge is 0.223 e. The van der Waals surface area contributed by atoms with E-state index < -0.39 is 0 Å². The van der Waals surface area contributed by atoms with Gasteiger partial charge in [0.1, 0.15) is 5.82 Å². The lowest BCUT2D eigenvalue weighted by Crippen LogP contribution is -2.34. The number of piperidine rings is 1. The fourth-order valence-corrected chi connectivity index (χ4v) is 3.56. The van der Waals surface area contributed by atoms with Crippen LogP contribution in [0.25, 0.3) is 0 Å². The van der Waals surface area contributed by atoms with Crippen molar-refractivity contribution in [3.05, 3.63) is 29.3 Å². The van der Waals surface area contributed by atoms with E-state index in [1.54, 1.807) is 6.20 Å². The van der Waals surface area contributed by atoms with Crippen molar-refractivity contribution in [1.82, 2.24) is 19.9 Å². The molecular weight excluding hydrogens is 286 g/mol. The second-order valence-corrected chi connectivity index (χ2v) is 6.23. The van der Waals surface area contributed by atoms with Crippen molar-refractivity contribution in [2.45, 2.75) is 32.2 Å². The van der Waals surface area contributed by atoms with Crippen LogP contribution < -0.4 is 5.32 Å². The van der Waals surface area contributed by atoms with Gasteiger partial charge in [0.25, 0.3) is 0 Å². The number of carbonyl (C=O) groups is 1. The maximum absolute atomic E-state index is 11.1. The fraction of sp³-hybridized carbons (Fsp3) is 0.500. The molecule has 1 atom stereocenters. The van der Waals surface area contributed by atoms with Gasteiger partial charge in [-0.05, 0) is 19.4 Å². The van der Waals surface area contributed by atoms with Crippen LogP contribution in [-0.2, 0) is 11.3 Å². The third-order valence-corrected chi connectivity index (χ3v) is 4.43. The molecular formula is C14H19N5OS. The van der Waals surface area contributed by atoms with Crippen LogP contribution in [0.5, 0.6) is 0 Å². The first-order valence-electron chi connectivity index (χ1n) is 7.14. The summed E-state index contributed by atoms with van der Waals surface area (Å²) in [6, 6.07) is 0. The summed E-state index contributed by atoms with van der Waals surface area (Å²) >= 11 is 1.50. The van der Waals surface area contributed by atoms with Crippen LogP contribution in [0.1, 0.15) is 37.2 Å². The summed E-state index contributed by atoms with van der Waals surface area (Å²) in [5.74, 6) is 1.37. The van der Waals surface area contributed by atoms with Crippen LogP contribution in [0.4, 0.5) is 5.13 Å². The molecule has 2 N–H and O–H groups in total. The summed E-state index contributed by atoms with van der Waals surface area (Å²) in [4.78, 5) is 25.5. The van der Waals surface area contributed by atoms with Gasteiger partial charge in [-0.15, -0.1) is 11.3 Å². The molecule has 0 aliphatic carbocycles. The molecule has 0 saturated carbocycles. The number of nitrogens with zero attached hydrogens (tertiary/aromatic N) is 3. The minimum atomic E-state index is -0.0704. The highest BCUT2D eigenvalue weighted by atomic mass is 32.1. The van der Waals surface area contributed by atoms with Crippen molar-refractivity contribution in [1.29, 1.82) is 0 Å². The number of nitrogens with one attached hydrogen (secondary N) is 2. The van der Waals surface area contributed by atoms with Gasteiger partial charge in [-0.2, -0.15) is 0 Å². The SMILES string of the molecule is CC(=O)Nc1nc(C2CCCN(Cc3ncc[nH]3)C2)cs1. The van der Waals surface area contributed by atoms with Gasteiger partial charge >= 0.3 is 0 Å². The number of thiazole rings is 1. The molecule has 0 aromatic carbocycles. The Balaban J connectivity index is 1.62. The van der Waals surface area contributed by atoms with Crippen molar-refractivity contribution < 1.29 is 4.79 Å². The monoisotopic (exact) mass is 305 g/mol. The summed E-state index contributed by atoms with van der Waals surface area (Å²) in [6.07, 6.45) is 5.96. The molecule has 6 nitrogen and oxygen atoms in total. The third-order valence-electron chi connectivity index (χ3n) is 3.66. The quantitative estimate of drug-likeness (QED) is 0.908. The van der Waals surface area contributed by atoms with Crippen LogP contribution in [0.2, 0.25) is 0 Å². The van der Waals surface area contributed by atoms with E-state index in [2.05, 4.69) is 30.5 Å². The fourth-order valence-electron chi connectivity index (χ4n) is 2.72. The molecule has 0 radical (unpaired) electrons. The standard InChI is InChI=1S/C14H19N5OS/c1-10(20)17-14-18-12(9-21-14)11-3-2-6-19(7-11)8-13-15-4-5-16-13/h4-5,9,11H,2-3,6-8H2,1H3,(H,15,16)(H,17,18,20). The minimum Gasteiger partial charge on any atom is -0.348 e. The topological polar surface area (TPSA) is 73.9 Å². The van der Waals surface area contributed by atoms with Crippen molar-refractivity contribution in [3.8, 4) is 0 Å². The third kappa shape index (κ3) is 3.68. The Morgan fingerprint density at radius 3 is 3.29 bits per heavy atom. The number of amides is 1.